The van der Waals surface area contributed by atoms with Crippen molar-refractivity contribution in [3.8, 4) is 0 Å². The van der Waals surface area contributed by atoms with Crippen LogP contribution in [0.5, 0.6) is 0 Å². The van der Waals surface area contributed by atoms with Gasteiger partial charge in [0.05, 0.1) is 0 Å². The molecule has 0 bridgehead atoms. The normalized spacial score (nSPS) is 13.0. The van der Waals surface area contributed by atoms with E-state index in [-0.39, 0.29) is 0 Å². The lowest BCUT2D eigenvalue weighted by molar-refractivity contribution is 0.649. The van der Waals surface area contributed by atoms with E-state index in [2.05, 4.69) is 39.2 Å². The SMILES string of the molecule is CNC(C)c1cncc(Br)c1. The van der Waals surface area contributed by atoms with Crippen LogP contribution in [-0.4, -0.2) is 12.0 Å². The maximum atomic E-state index is 4.07. The molecule has 0 aliphatic heterocycles. The van der Waals surface area contributed by atoms with Crippen LogP contribution in [0, 0.1) is 0 Å². The Balaban J connectivity index is 2.86. The van der Waals surface area contributed by atoms with Gasteiger partial charge in [0, 0.05) is 22.9 Å². The van der Waals surface area contributed by atoms with Gasteiger partial charge in [-0.05, 0) is 41.5 Å². The summed E-state index contributed by atoms with van der Waals surface area (Å²) >= 11 is 3.37. The van der Waals surface area contributed by atoms with E-state index in [0.29, 0.717) is 6.04 Å². The van der Waals surface area contributed by atoms with Crippen LogP contribution in [0.3, 0.4) is 0 Å². The first-order chi connectivity index (χ1) is 5.24. The van der Waals surface area contributed by atoms with Crippen LogP contribution >= 0.6 is 15.9 Å². The Hall–Kier alpha value is -0.410. The van der Waals surface area contributed by atoms with Crippen LogP contribution in [0.15, 0.2) is 22.9 Å². The fourth-order valence-electron chi connectivity index (χ4n) is 0.832. The molecule has 1 aromatic rings. The van der Waals surface area contributed by atoms with E-state index < -0.39 is 0 Å². The molecule has 3 heteroatoms. The van der Waals surface area contributed by atoms with Crippen LogP contribution in [0.1, 0.15) is 18.5 Å². The van der Waals surface area contributed by atoms with E-state index in [9.17, 15) is 0 Å². The molecule has 1 N–H and O–H groups in total. The van der Waals surface area contributed by atoms with E-state index >= 15 is 0 Å². The molecule has 0 aliphatic carbocycles. The third kappa shape index (κ3) is 2.27. The smallest absolute Gasteiger partial charge is 0.0410 e. The van der Waals surface area contributed by atoms with Gasteiger partial charge < -0.3 is 5.32 Å². The molecule has 0 saturated heterocycles. The molecule has 0 fully saturated rings. The molecule has 1 atom stereocenters. The maximum Gasteiger partial charge on any atom is 0.0410 e. The lowest BCUT2D eigenvalue weighted by atomic mass is 10.1. The molecule has 1 aromatic heterocycles. The first kappa shape index (κ1) is 8.68. The van der Waals surface area contributed by atoms with E-state index in [1.165, 1.54) is 5.56 Å². The Kier molecular flexibility index (Phi) is 3.02. The molecule has 0 spiro atoms. The quantitative estimate of drug-likeness (QED) is 0.817. The highest BCUT2D eigenvalue weighted by Crippen LogP contribution is 2.15. The molecule has 0 amide bonds. The summed E-state index contributed by atoms with van der Waals surface area (Å²) in [7, 11) is 1.94. The van der Waals surface area contributed by atoms with Crippen molar-refractivity contribution in [2.24, 2.45) is 0 Å². The molecule has 0 radical (unpaired) electrons. The van der Waals surface area contributed by atoms with E-state index in [4.69, 9.17) is 0 Å². The van der Waals surface area contributed by atoms with Crippen LogP contribution < -0.4 is 5.32 Å². The Bertz CT molecular complexity index is 237. The Morgan fingerprint density at radius 1 is 1.55 bits per heavy atom. The van der Waals surface area contributed by atoms with Crippen molar-refractivity contribution >= 4 is 15.9 Å². The fraction of sp³-hybridized carbons (Fsp3) is 0.375. The number of nitrogens with one attached hydrogen (secondary N) is 1. The van der Waals surface area contributed by atoms with Gasteiger partial charge in [-0.2, -0.15) is 0 Å². The topological polar surface area (TPSA) is 24.9 Å². The zero-order valence-corrected chi connectivity index (χ0v) is 8.22. The van der Waals surface area contributed by atoms with Gasteiger partial charge >= 0.3 is 0 Å². The van der Waals surface area contributed by atoms with Gasteiger partial charge in [-0.3, -0.25) is 4.98 Å². The number of nitrogens with zero attached hydrogens (tertiary/aromatic N) is 1. The van der Waals surface area contributed by atoms with Gasteiger partial charge in [0.25, 0.3) is 0 Å². The van der Waals surface area contributed by atoms with Crippen LogP contribution in [-0.2, 0) is 0 Å². The second kappa shape index (κ2) is 3.83. The van der Waals surface area contributed by atoms with Crippen LogP contribution in [0.4, 0.5) is 0 Å². The summed E-state index contributed by atoms with van der Waals surface area (Å²) in [5, 5.41) is 3.15. The highest BCUT2D eigenvalue weighted by Gasteiger charge is 2.01. The van der Waals surface area contributed by atoms with Crippen molar-refractivity contribution in [3.05, 3.63) is 28.5 Å². The van der Waals surface area contributed by atoms with E-state index in [1.807, 2.05) is 13.2 Å². The number of rotatable bonds is 2. The molecule has 0 aromatic carbocycles. The van der Waals surface area contributed by atoms with Crippen molar-refractivity contribution in [2.75, 3.05) is 7.05 Å². The van der Waals surface area contributed by atoms with Crippen molar-refractivity contribution in [1.29, 1.82) is 0 Å². The number of halogens is 1. The van der Waals surface area contributed by atoms with Crippen molar-refractivity contribution in [1.82, 2.24) is 10.3 Å². The third-order valence-electron chi connectivity index (χ3n) is 1.66. The number of hydrogen-bond donors (Lipinski definition) is 1. The van der Waals surface area contributed by atoms with Crippen molar-refractivity contribution < 1.29 is 0 Å². The highest BCUT2D eigenvalue weighted by atomic mass is 79.9. The molecule has 1 unspecified atom stereocenters. The average molecular weight is 215 g/mol. The number of pyridine rings is 1. The fourth-order valence-corrected chi connectivity index (χ4v) is 1.21. The Morgan fingerprint density at radius 2 is 2.27 bits per heavy atom. The second-order valence-electron chi connectivity index (χ2n) is 2.45. The molecule has 60 valence electrons. The first-order valence-corrected chi connectivity index (χ1v) is 4.31. The van der Waals surface area contributed by atoms with Crippen LogP contribution in [0.2, 0.25) is 0 Å². The van der Waals surface area contributed by atoms with E-state index in [1.54, 1.807) is 6.20 Å². The van der Waals surface area contributed by atoms with Crippen molar-refractivity contribution in [3.63, 3.8) is 0 Å². The molecule has 0 saturated carbocycles. The summed E-state index contributed by atoms with van der Waals surface area (Å²) in [6.45, 7) is 2.10. The molecule has 0 aliphatic rings. The van der Waals surface area contributed by atoms with E-state index in [0.717, 1.165) is 4.47 Å². The standard InChI is InChI=1S/C8H11BrN2/c1-6(10-2)7-3-8(9)5-11-4-7/h3-6,10H,1-2H3. The summed E-state index contributed by atoms with van der Waals surface area (Å²) < 4.78 is 1.03. The van der Waals surface area contributed by atoms with Gasteiger partial charge in [-0.15, -0.1) is 0 Å². The Labute approximate surface area is 75.2 Å². The van der Waals surface area contributed by atoms with Gasteiger partial charge in [0.1, 0.15) is 0 Å². The zero-order chi connectivity index (χ0) is 8.27. The molecule has 11 heavy (non-hydrogen) atoms. The second-order valence-corrected chi connectivity index (χ2v) is 3.36. The lowest BCUT2D eigenvalue weighted by Gasteiger charge is -2.09. The van der Waals surface area contributed by atoms with Gasteiger partial charge in [-0.1, -0.05) is 0 Å². The molecule has 2 nitrogen and oxygen atoms in total. The highest BCUT2D eigenvalue weighted by molar-refractivity contribution is 9.10. The zero-order valence-electron chi connectivity index (χ0n) is 6.63. The number of aromatic nitrogens is 1. The summed E-state index contributed by atoms with van der Waals surface area (Å²) in [5.74, 6) is 0. The monoisotopic (exact) mass is 214 g/mol. The predicted octanol–water partition coefficient (Wildman–Crippen LogP) is 2.12. The molecule has 1 heterocycles. The minimum Gasteiger partial charge on any atom is -0.313 e. The number of hydrogen-bond acceptors (Lipinski definition) is 2. The van der Waals surface area contributed by atoms with Gasteiger partial charge in [-0.25, -0.2) is 0 Å². The minimum atomic E-state index is 0.361. The minimum absolute atomic E-state index is 0.361. The summed E-state index contributed by atoms with van der Waals surface area (Å²) in [4.78, 5) is 4.07. The predicted molar refractivity (Wildman–Crippen MR) is 49.4 cm³/mol. The summed E-state index contributed by atoms with van der Waals surface area (Å²) in [6, 6.07) is 2.42. The summed E-state index contributed by atoms with van der Waals surface area (Å²) in [5.41, 5.74) is 1.20. The third-order valence-corrected chi connectivity index (χ3v) is 2.09. The maximum absolute atomic E-state index is 4.07. The Morgan fingerprint density at radius 3 is 2.82 bits per heavy atom. The van der Waals surface area contributed by atoms with Crippen molar-refractivity contribution in [2.45, 2.75) is 13.0 Å². The van der Waals surface area contributed by atoms with Crippen LogP contribution in [0.25, 0.3) is 0 Å². The first-order valence-electron chi connectivity index (χ1n) is 3.51. The largest absolute Gasteiger partial charge is 0.313 e. The van der Waals surface area contributed by atoms with Gasteiger partial charge in [0.2, 0.25) is 0 Å². The molecule has 1 rings (SSSR count). The average Bonchev–Trinajstić information content (AvgIpc) is 2.03. The molecular weight excluding hydrogens is 204 g/mol. The lowest BCUT2D eigenvalue weighted by Crippen LogP contribution is -2.12. The summed E-state index contributed by atoms with van der Waals surface area (Å²) in [6.07, 6.45) is 3.65. The van der Waals surface area contributed by atoms with Gasteiger partial charge in [0.15, 0.2) is 0 Å². The molecular formula is C8H11BrN2.